The lowest BCUT2D eigenvalue weighted by Crippen LogP contribution is -2.01. The number of rotatable bonds is 5. The molecule has 1 N–H and O–H groups in total. The highest BCUT2D eigenvalue weighted by molar-refractivity contribution is 7.90. The largest absolute Gasteiger partial charge is 0.483 e. The van der Waals surface area contributed by atoms with Crippen LogP contribution in [0.2, 0.25) is 0 Å². The molecule has 0 spiro atoms. The number of hydrogen-bond acceptors (Lipinski definition) is 6. The third kappa shape index (κ3) is 5.19. The van der Waals surface area contributed by atoms with Gasteiger partial charge < -0.3 is 9.67 Å². The molecule has 0 saturated heterocycles. The number of carboxylic acid groups (broad SMARTS) is 1. The number of sulfone groups is 1. The van der Waals surface area contributed by atoms with Crippen LogP contribution in [0.5, 0.6) is 0 Å². The number of aromatic nitrogens is 3. The fourth-order valence-electron chi connectivity index (χ4n) is 2.82. The Morgan fingerprint density at radius 1 is 1.03 bits per heavy atom. The van der Waals surface area contributed by atoms with Crippen LogP contribution in [-0.4, -0.2) is 40.8 Å². The van der Waals surface area contributed by atoms with Crippen LogP contribution in [0.3, 0.4) is 0 Å². The number of thiophene rings is 1. The molecule has 0 fully saturated rings. The van der Waals surface area contributed by atoms with E-state index in [1.54, 1.807) is 41.9 Å². The van der Waals surface area contributed by atoms with E-state index in [9.17, 15) is 8.42 Å². The Bertz CT molecular complexity index is 1230. The van der Waals surface area contributed by atoms with Crippen molar-refractivity contribution < 1.29 is 18.3 Å². The molecule has 4 aromatic rings. The van der Waals surface area contributed by atoms with Crippen LogP contribution in [0, 0.1) is 0 Å². The number of pyridine rings is 1. The van der Waals surface area contributed by atoms with Crippen LogP contribution >= 0.6 is 11.3 Å². The minimum Gasteiger partial charge on any atom is -0.483 e. The summed E-state index contributed by atoms with van der Waals surface area (Å²) in [6, 6.07) is 16.9. The van der Waals surface area contributed by atoms with Gasteiger partial charge in [-0.3, -0.25) is 9.78 Å². The summed E-state index contributed by atoms with van der Waals surface area (Å²) in [5.74, 6) is 0.871. The molecular weight excluding hydrogens is 422 g/mol. The molecule has 3 heterocycles. The number of benzene rings is 1. The highest BCUT2D eigenvalue weighted by atomic mass is 32.2. The summed E-state index contributed by atoms with van der Waals surface area (Å²) in [7, 11) is -3.23. The minimum atomic E-state index is -3.23. The average Bonchev–Trinajstić information content (AvgIpc) is 3.38. The first kappa shape index (κ1) is 21.4. The van der Waals surface area contributed by atoms with Gasteiger partial charge in [0.15, 0.2) is 9.84 Å². The highest BCUT2D eigenvalue weighted by Gasteiger charge is 2.13. The minimum absolute atomic E-state index is 0.250. The first-order valence-corrected chi connectivity index (χ1v) is 11.5. The zero-order valence-electron chi connectivity index (χ0n) is 16.0. The predicted octanol–water partition coefficient (Wildman–Crippen LogP) is 3.83. The van der Waals surface area contributed by atoms with Gasteiger partial charge in [-0.15, -0.1) is 11.3 Å². The van der Waals surface area contributed by atoms with Gasteiger partial charge in [0.05, 0.1) is 22.0 Å². The molecule has 0 bridgehead atoms. The Kier molecular flexibility index (Phi) is 6.76. The SMILES string of the molecule is CS(=O)(=O)c1cccc(-c2ccc(-c3nccn3Cc3ccccn3)s2)c1.O=CO. The molecule has 0 atom stereocenters. The van der Waals surface area contributed by atoms with Crippen molar-refractivity contribution in [1.82, 2.24) is 14.5 Å². The molecule has 0 unspecified atom stereocenters. The number of hydrogen-bond donors (Lipinski definition) is 1. The van der Waals surface area contributed by atoms with E-state index in [1.807, 2.05) is 42.6 Å². The molecule has 4 rings (SSSR count). The molecule has 154 valence electrons. The fraction of sp³-hybridized carbons (Fsp3) is 0.0952. The highest BCUT2D eigenvalue weighted by Crippen LogP contribution is 2.34. The molecule has 9 heteroatoms. The topological polar surface area (TPSA) is 102 Å². The Hall–Kier alpha value is -3.30. The average molecular weight is 442 g/mol. The summed E-state index contributed by atoms with van der Waals surface area (Å²) in [6.45, 7) is 0.396. The summed E-state index contributed by atoms with van der Waals surface area (Å²) in [5, 5.41) is 6.89. The molecule has 30 heavy (non-hydrogen) atoms. The summed E-state index contributed by atoms with van der Waals surface area (Å²) in [6.07, 6.45) is 6.72. The van der Waals surface area contributed by atoms with Gasteiger partial charge in [-0.2, -0.15) is 0 Å². The first-order valence-electron chi connectivity index (χ1n) is 8.82. The number of nitrogens with zero attached hydrogens (tertiary/aromatic N) is 3. The van der Waals surface area contributed by atoms with Gasteiger partial charge in [-0.1, -0.05) is 18.2 Å². The van der Waals surface area contributed by atoms with Gasteiger partial charge in [-0.25, -0.2) is 13.4 Å². The van der Waals surface area contributed by atoms with Crippen molar-refractivity contribution in [2.24, 2.45) is 0 Å². The lowest BCUT2D eigenvalue weighted by molar-refractivity contribution is -0.122. The van der Waals surface area contributed by atoms with E-state index in [0.717, 1.165) is 26.8 Å². The van der Waals surface area contributed by atoms with E-state index in [1.165, 1.54) is 6.26 Å². The smallest absolute Gasteiger partial charge is 0.290 e. The number of carbonyl (C=O) groups is 1. The van der Waals surface area contributed by atoms with E-state index in [2.05, 4.69) is 14.5 Å². The lowest BCUT2D eigenvalue weighted by Gasteiger charge is -2.06. The molecule has 3 aromatic heterocycles. The Morgan fingerprint density at radius 2 is 1.80 bits per heavy atom. The molecule has 0 aliphatic carbocycles. The molecule has 0 saturated carbocycles. The molecule has 0 aliphatic heterocycles. The van der Waals surface area contributed by atoms with E-state index in [4.69, 9.17) is 9.90 Å². The van der Waals surface area contributed by atoms with E-state index >= 15 is 0 Å². The van der Waals surface area contributed by atoms with Gasteiger partial charge >= 0.3 is 0 Å². The van der Waals surface area contributed by atoms with Crippen LogP contribution in [0.4, 0.5) is 0 Å². The molecule has 7 nitrogen and oxygen atoms in total. The van der Waals surface area contributed by atoms with E-state index in [0.29, 0.717) is 11.4 Å². The number of imidazole rings is 1. The summed E-state index contributed by atoms with van der Waals surface area (Å²) < 4.78 is 25.7. The van der Waals surface area contributed by atoms with Crippen LogP contribution in [0.25, 0.3) is 21.1 Å². The normalized spacial score (nSPS) is 10.8. The second-order valence-corrected chi connectivity index (χ2v) is 9.37. The maximum atomic E-state index is 11.8. The van der Waals surface area contributed by atoms with Gasteiger partial charge in [0.2, 0.25) is 0 Å². The summed E-state index contributed by atoms with van der Waals surface area (Å²) >= 11 is 1.59. The quantitative estimate of drug-likeness (QED) is 0.472. The Balaban J connectivity index is 0.000000806. The van der Waals surface area contributed by atoms with Gasteiger partial charge in [-0.05, 0) is 42.0 Å². The van der Waals surface area contributed by atoms with E-state index < -0.39 is 9.84 Å². The van der Waals surface area contributed by atoms with Crippen molar-refractivity contribution in [2.75, 3.05) is 6.26 Å². The van der Waals surface area contributed by atoms with Crippen molar-refractivity contribution in [2.45, 2.75) is 11.4 Å². The molecule has 0 amide bonds. The second-order valence-electron chi connectivity index (χ2n) is 6.27. The second kappa shape index (κ2) is 9.47. The third-order valence-corrected chi connectivity index (χ3v) is 6.39. The Labute approximate surface area is 178 Å². The standard InChI is InChI=1S/C20H17N3O2S2.CH2O2/c1-27(24,25)17-7-4-5-15(13-17)18-8-9-19(26-18)20-22-11-12-23(20)14-16-6-2-3-10-21-16;2-1-3/h2-13H,14H2,1H3;1H,(H,2,3). The van der Waals surface area contributed by atoms with Crippen LogP contribution in [0.15, 0.2) is 78.1 Å². The Morgan fingerprint density at radius 3 is 2.50 bits per heavy atom. The molecule has 1 aromatic carbocycles. The van der Waals surface area contributed by atoms with Crippen LogP contribution in [0.1, 0.15) is 5.69 Å². The van der Waals surface area contributed by atoms with Crippen molar-refractivity contribution >= 4 is 27.6 Å². The van der Waals surface area contributed by atoms with Gasteiger partial charge in [0.25, 0.3) is 6.47 Å². The van der Waals surface area contributed by atoms with Gasteiger partial charge in [0, 0.05) is 29.7 Å². The molecule has 0 radical (unpaired) electrons. The van der Waals surface area contributed by atoms with Gasteiger partial charge in [0.1, 0.15) is 5.82 Å². The van der Waals surface area contributed by atoms with Crippen molar-refractivity contribution in [3.63, 3.8) is 0 Å². The van der Waals surface area contributed by atoms with Crippen molar-refractivity contribution in [3.05, 3.63) is 78.9 Å². The monoisotopic (exact) mass is 441 g/mol. The van der Waals surface area contributed by atoms with Crippen molar-refractivity contribution in [3.8, 4) is 21.1 Å². The maximum Gasteiger partial charge on any atom is 0.290 e. The first-order chi connectivity index (χ1) is 14.4. The van der Waals surface area contributed by atoms with Crippen LogP contribution in [-0.2, 0) is 21.2 Å². The maximum absolute atomic E-state index is 11.8. The fourth-order valence-corrected chi connectivity index (χ4v) is 4.50. The van der Waals surface area contributed by atoms with Crippen LogP contribution < -0.4 is 0 Å². The summed E-state index contributed by atoms with van der Waals surface area (Å²) in [5.41, 5.74) is 1.85. The zero-order valence-corrected chi connectivity index (χ0v) is 17.7. The predicted molar refractivity (Wildman–Crippen MR) is 116 cm³/mol. The molecule has 0 aliphatic rings. The zero-order chi connectivity index (χ0) is 21.6. The summed E-state index contributed by atoms with van der Waals surface area (Å²) in [4.78, 5) is 19.6. The van der Waals surface area contributed by atoms with Crippen molar-refractivity contribution in [1.29, 1.82) is 0 Å². The lowest BCUT2D eigenvalue weighted by atomic mass is 10.2. The molecular formula is C21H19N3O4S2. The van der Waals surface area contributed by atoms with E-state index in [-0.39, 0.29) is 6.47 Å². The third-order valence-electron chi connectivity index (χ3n) is 4.15.